The monoisotopic (exact) mass is 427 g/mol. The van der Waals surface area contributed by atoms with Gasteiger partial charge in [0.1, 0.15) is 11.9 Å². The molecule has 0 aliphatic heterocycles. The molecule has 2 rings (SSSR count). The van der Waals surface area contributed by atoms with E-state index < -0.39 is 23.7 Å². The van der Waals surface area contributed by atoms with Crippen molar-refractivity contribution in [2.75, 3.05) is 7.11 Å². The van der Waals surface area contributed by atoms with Crippen LogP contribution in [0.2, 0.25) is 5.02 Å². The largest absolute Gasteiger partial charge is 0.467 e. The molecule has 0 fully saturated rings. The van der Waals surface area contributed by atoms with Gasteiger partial charge in [0, 0.05) is 15.9 Å². The number of ether oxygens (including phenoxy) is 1. The molecule has 0 unspecified atom stereocenters. The van der Waals surface area contributed by atoms with Crippen LogP contribution in [0.5, 0.6) is 0 Å². The summed E-state index contributed by atoms with van der Waals surface area (Å²) >= 11 is 9.37. The van der Waals surface area contributed by atoms with E-state index >= 15 is 0 Å². The fraction of sp³-hybridized carbons (Fsp3) is 0.222. The number of hydrogen-bond acceptors (Lipinski definition) is 3. The highest BCUT2D eigenvalue weighted by atomic mass is 79.9. The number of benzene rings is 2. The minimum Gasteiger partial charge on any atom is -0.467 e. The Balaban J connectivity index is 2.10. The second-order valence-electron chi connectivity index (χ2n) is 5.39. The Labute approximate surface area is 158 Å². The molecule has 1 N–H and O–H groups in total. The van der Waals surface area contributed by atoms with E-state index in [0.717, 1.165) is 10.0 Å². The summed E-state index contributed by atoms with van der Waals surface area (Å²) < 4.78 is 18.7. The number of nitrogens with one attached hydrogen (secondary N) is 1. The summed E-state index contributed by atoms with van der Waals surface area (Å²) in [6, 6.07) is 10.1. The number of amides is 1. The van der Waals surface area contributed by atoms with Crippen LogP contribution in [0.25, 0.3) is 0 Å². The van der Waals surface area contributed by atoms with E-state index in [9.17, 15) is 14.0 Å². The molecule has 1 atom stereocenters. The standard InChI is InChI=1S/C18H16BrClFNO3/c1-25-18(24)16(10-12-9-13(20)5-6-15(12)19)22-17(23)8-11-3-2-4-14(21)7-11/h2-7,9,16H,8,10H2,1H3,(H,22,23)/t16-/m1/s1. The van der Waals surface area contributed by atoms with E-state index in [4.69, 9.17) is 16.3 Å². The molecule has 2 aromatic carbocycles. The molecule has 25 heavy (non-hydrogen) atoms. The third kappa shape index (κ3) is 5.83. The molecule has 0 radical (unpaired) electrons. The molecule has 2 aromatic rings. The van der Waals surface area contributed by atoms with Crippen LogP contribution in [0, 0.1) is 5.82 Å². The van der Waals surface area contributed by atoms with Crippen molar-refractivity contribution in [2.45, 2.75) is 18.9 Å². The Bertz CT molecular complexity index is 785. The first-order valence-electron chi connectivity index (χ1n) is 7.44. The summed E-state index contributed by atoms with van der Waals surface area (Å²) in [6.45, 7) is 0. The fourth-order valence-corrected chi connectivity index (χ4v) is 2.94. The van der Waals surface area contributed by atoms with Gasteiger partial charge in [0.05, 0.1) is 13.5 Å². The van der Waals surface area contributed by atoms with E-state index in [1.165, 1.54) is 25.3 Å². The molecule has 0 saturated carbocycles. The van der Waals surface area contributed by atoms with Crippen molar-refractivity contribution in [1.29, 1.82) is 0 Å². The second kappa shape index (κ2) is 8.97. The third-order valence-electron chi connectivity index (χ3n) is 3.51. The number of carbonyl (C=O) groups excluding carboxylic acids is 2. The van der Waals surface area contributed by atoms with Crippen LogP contribution in [0.4, 0.5) is 4.39 Å². The summed E-state index contributed by atoms with van der Waals surface area (Å²) in [5.41, 5.74) is 1.28. The van der Waals surface area contributed by atoms with Crippen molar-refractivity contribution in [2.24, 2.45) is 0 Å². The van der Waals surface area contributed by atoms with Crippen molar-refractivity contribution in [1.82, 2.24) is 5.32 Å². The highest BCUT2D eigenvalue weighted by molar-refractivity contribution is 9.10. The summed E-state index contributed by atoms with van der Waals surface area (Å²) in [5, 5.41) is 3.15. The number of hydrogen-bond donors (Lipinski definition) is 1. The van der Waals surface area contributed by atoms with E-state index in [-0.39, 0.29) is 12.8 Å². The molecule has 0 aliphatic carbocycles. The van der Waals surface area contributed by atoms with Crippen LogP contribution in [-0.2, 0) is 27.2 Å². The van der Waals surface area contributed by atoms with Gasteiger partial charge in [0.15, 0.2) is 0 Å². The number of halogens is 3. The third-order valence-corrected chi connectivity index (χ3v) is 4.52. The van der Waals surface area contributed by atoms with Gasteiger partial charge in [-0.15, -0.1) is 0 Å². The Morgan fingerprint density at radius 1 is 1.28 bits per heavy atom. The van der Waals surface area contributed by atoms with Crippen LogP contribution in [0.15, 0.2) is 46.9 Å². The van der Waals surface area contributed by atoms with Gasteiger partial charge in [0.25, 0.3) is 0 Å². The highest BCUT2D eigenvalue weighted by Gasteiger charge is 2.23. The SMILES string of the molecule is COC(=O)[C@@H](Cc1cc(Cl)ccc1Br)NC(=O)Cc1cccc(F)c1. The minimum atomic E-state index is -0.874. The van der Waals surface area contributed by atoms with Crippen LogP contribution in [-0.4, -0.2) is 25.0 Å². The van der Waals surface area contributed by atoms with Gasteiger partial charge in [-0.2, -0.15) is 0 Å². The quantitative estimate of drug-likeness (QED) is 0.714. The molecule has 132 valence electrons. The second-order valence-corrected chi connectivity index (χ2v) is 6.68. The average molecular weight is 429 g/mol. The maximum Gasteiger partial charge on any atom is 0.328 e. The zero-order valence-electron chi connectivity index (χ0n) is 13.4. The van der Waals surface area contributed by atoms with Crippen molar-refractivity contribution in [3.63, 3.8) is 0 Å². The van der Waals surface area contributed by atoms with Crippen LogP contribution >= 0.6 is 27.5 Å². The topological polar surface area (TPSA) is 55.4 Å². The zero-order valence-corrected chi connectivity index (χ0v) is 15.7. The minimum absolute atomic E-state index is 0.0397. The van der Waals surface area contributed by atoms with Crippen molar-refractivity contribution < 1.29 is 18.7 Å². The van der Waals surface area contributed by atoms with Gasteiger partial charge in [-0.3, -0.25) is 4.79 Å². The van der Waals surface area contributed by atoms with E-state index in [1.54, 1.807) is 24.3 Å². The van der Waals surface area contributed by atoms with Gasteiger partial charge >= 0.3 is 5.97 Å². The van der Waals surface area contributed by atoms with Gasteiger partial charge in [-0.1, -0.05) is 39.7 Å². The molecule has 0 saturated heterocycles. The van der Waals surface area contributed by atoms with Crippen molar-refractivity contribution >= 4 is 39.4 Å². The summed E-state index contributed by atoms with van der Waals surface area (Å²) in [5.74, 6) is -1.39. The number of esters is 1. The van der Waals surface area contributed by atoms with E-state index in [1.807, 2.05) is 0 Å². The van der Waals surface area contributed by atoms with Gasteiger partial charge in [0.2, 0.25) is 5.91 Å². The van der Waals surface area contributed by atoms with Gasteiger partial charge < -0.3 is 10.1 Å². The molecular formula is C18H16BrClFNO3. The lowest BCUT2D eigenvalue weighted by Gasteiger charge is -2.17. The Morgan fingerprint density at radius 2 is 2.04 bits per heavy atom. The molecule has 4 nitrogen and oxygen atoms in total. The van der Waals surface area contributed by atoms with Crippen molar-refractivity contribution in [3.8, 4) is 0 Å². The average Bonchev–Trinajstić information content (AvgIpc) is 2.56. The molecular weight excluding hydrogens is 413 g/mol. The molecule has 7 heteroatoms. The van der Waals surface area contributed by atoms with E-state index in [2.05, 4.69) is 21.2 Å². The molecule has 0 aliphatic rings. The first kappa shape index (κ1) is 19.4. The Morgan fingerprint density at radius 3 is 2.72 bits per heavy atom. The molecule has 0 aromatic heterocycles. The summed E-state index contributed by atoms with van der Waals surface area (Å²) in [7, 11) is 1.25. The molecule has 0 bridgehead atoms. The molecule has 1 amide bonds. The summed E-state index contributed by atoms with van der Waals surface area (Å²) in [4.78, 5) is 24.2. The van der Waals surface area contributed by atoms with Gasteiger partial charge in [-0.25, -0.2) is 9.18 Å². The maximum atomic E-state index is 13.2. The molecule has 0 spiro atoms. The van der Waals surface area contributed by atoms with Crippen LogP contribution < -0.4 is 5.32 Å². The number of methoxy groups -OCH3 is 1. The Hall–Kier alpha value is -1.92. The highest BCUT2D eigenvalue weighted by Crippen LogP contribution is 2.22. The van der Waals surface area contributed by atoms with E-state index in [0.29, 0.717) is 10.6 Å². The van der Waals surface area contributed by atoms with Crippen LogP contribution in [0.1, 0.15) is 11.1 Å². The first-order chi connectivity index (χ1) is 11.9. The van der Waals surface area contributed by atoms with Crippen LogP contribution in [0.3, 0.4) is 0 Å². The maximum absolute atomic E-state index is 13.2. The lowest BCUT2D eigenvalue weighted by atomic mass is 10.1. The zero-order chi connectivity index (χ0) is 18.4. The van der Waals surface area contributed by atoms with Gasteiger partial charge in [-0.05, 0) is 41.5 Å². The molecule has 0 heterocycles. The number of carbonyl (C=O) groups is 2. The predicted molar refractivity (Wildman–Crippen MR) is 96.9 cm³/mol. The first-order valence-corrected chi connectivity index (χ1v) is 8.61. The normalized spacial score (nSPS) is 11.7. The lowest BCUT2D eigenvalue weighted by Crippen LogP contribution is -2.43. The Kier molecular flexibility index (Phi) is 6.96. The van der Waals surface area contributed by atoms with Crippen molar-refractivity contribution in [3.05, 3.63) is 68.9 Å². The summed E-state index contributed by atoms with van der Waals surface area (Å²) in [6.07, 6.45) is 0.171. The predicted octanol–water partition coefficient (Wildman–Crippen LogP) is 3.68. The lowest BCUT2D eigenvalue weighted by molar-refractivity contribution is -0.145. The fourth-order valence-electron chi connectivity index (χ4n) is 2.33. The smallest absolute Gasteiger partial charge is 0.328 e. The number of rotatable bonds is 6.